The van der Waals surface area contributed by atoms with Gasteiger partial charge in [0, 0.05) is 25.2 Å². The minimum Gasteiger partial charge on any atom is -0.390 e. The number of halogens is 2. The molecule has 0 unspecified atom stereocenters. The lowest BCUT2D eigenvalue weighted by atomic mass is 10.1. The number of aliphatic hydroxyl groups excluding tert-OH is 2. The first-order chi connectivity index (χ1) is 5.61. The lowest BCUT2D eigenvalue weighted by Gasteiger charge is -2.30. The normalized spacial score (nSPS) is 38.6. The summed E-state index contributed by atoms with van der Waals surface area (Å²) in [6.07, 6.45) is -0.157. The molecule has 6 heteroatoms. The zero-order valence-corrected chi connectivity index (χ0v) is 10.1. The Bertz CT molecular complexity index is 119. The molecule has 0 spiro atoms. The van der Waals surface area contributed by atoms with Gasteiger partial charge in [0.2, 0.25) is 0 Å². The van der Waals surface area contributed by atoms with Crippen molar-refractivity contribution < 1.29 is 10.2 Å². The Balaban J connectivity index is 0. The fourth-order valence-electron chi connectivity index (χ4n) is 0.918. The lowest BCUT2D eigenvalue weighted by molar-refractivity contribution is 0.0703. The number of nitrogens with one attached hydrogen (secondary N) is 2. The lowest BCUT2D eigenvalue weighted by Crippen LogP contribution is -2.55. The van der Waals surface area contributed by atoms with Crippen LogP contribution < -0.4 is 10.6 Å². The van der Waals surface area contributed by atoms with Crippen molar-refractivity contribution >= 4 is 24.8 Å². The molecule has 2 fully saturated rings. The Morgan fingerprint density at radius 3 is 1.07 bits per heavy atom. The van der Waals surface area contributed by atoms with E-state index in [9.17, 15) is 0 Å². The number of aliphatic hydroxyl groups is 2. The monoisotopic (exact) mass is 246 g/mol. The van der Waals surface area contributed by atoms with Gasteiger partial charge in [-0.1, -0.05) is 0 Å². The summed E-state index contributed by atoms with van der Waals surface area (Å²) in [6, 6.07) is 0.676. The highest BCUT2D eigenvalue weighted by Gasteiger charge is 2.22. The maximum atomic E-state index is 8.65. The van der Waals surface area contributed by atoms with Gasteiger partial charge in [-0.3, -0.25) is 0 Å². The van der Waals surface area contributed by atoms with Crippen molar-refractivity contribution in [1.29, 1.82) is 0 Å². The predicted octanol–water partition coefficient (Wildman–Crippen LogP) is -0.478. The summed E-state index contributed by atoms with van der Waals surface area (Å²) in [7, 11) is 0. The van der Waals surface area contributed by atoms with Crippen LogP contribution in [0.2, 0.25) is 0 Å². The fourth-order valence-corrected chi connectivity index (χ4v) is 0.918. The molecule has 2 heterocycles. The van der Waals surface area contributed by atoms with Crippen molar-refractivity contribution in [2.75, 3.05) is 13.1 Å². The van der Waals surface area contributed by atoms with E-state index in [1.165, 1.54) is 0 Å². The molecule has 0 radical (unpaired) electrons. The van der Waals surface area contributed by atoms with Gasteiger partial charge in [-0.25, -0.2) is 0 Å². The van der Waals surface area contributed by atoms with E-state index in [0.29, 0.717) is 12.1 Å². The van der Waals surface area contributed by atoms with Gasteiger partial charge < -0.3 is 20.8 Å². The van der Waals surface area contributed by atoms with Crippen LogP contribution in [0.1, 0.15) is 13.8 Å². The smallest absolute Gasteiger partial charge is 0.0814 e. The maximum absolute atomic E-state index is 8.65. The number of β-amino-alcohol motifs (C(OH)–C–C–N with tert-alkyl or cyclic N) is 2. The molecule has 4 nitrogen and oxygen atoms in total. The zero-order valence-electron chi connectivity index (χ0n) is 8.43. The van der Waals surface area contributed by atoms with Crippen molar-refractivity contribution in [1.82, 2.24) is 10.6 Å². The SMILES string of the molecule is C[C@@H]1NC[C@@H]1O.C[C@H]1NC[C@H]1O.Cl.Cl. The maximum Gasteiger partial charge on any atom is 0.0814 e. The summed E-state index contributed by atoms with van der Waals surface area (Å²) in [4.78, 5) is 0. The summed E-state index contributed by atoms with van der Waals surface area (Å²) in [5.41, 5.74) is 0. The third kappa shape index (κ3) is 4.77. The first kappa shape index (κ1) is 16.8. The Morgan fingerprint density at radius 1 is 0.857 bits per heavy atom. The standard InChI is InChI=1S/2C4H9NO.2ClH/c2*1-3-4(6)2-5-3;;/h2*3-6H,2H2,1H3;2*1H/t2*3-,4-;;/m10../s1. The van der Waals surface area contributed by atoms with Gasteiger partial charge in [0.05, 0.1) is 12.2 Å². The van der Waals surface area contributed by atoms with Gasteiger partial charge >= 0.3 is 0 Å². The number of rotatable bonds is 0. The molecule has 88 valence electrons. The average Bonchev–Trinajstić information content (AvgIpc) is 2.12. The molecule has 2 aliphatic rings. The molecular formula is C8H20Cl2N2O2. The summed E-state index contributed by atoms with van der Waals surface area (Å²) in [5, 5.41) is 23.3. The summed E-state index contributed by atoms with van der Waals surface area (Å²) in [6.45, 7) is 5.49. The van der Waals surface area contributed by atoms with Gasteiger partial charge in [-0.15, -0.1) is 24.8 Å². The summed E-state index contributed by atoms with van der Waals surface area (Å²) >= 11 is 0. The van der Waals surface area contributed by atoms with Gasteiger partial charge in [0.1, 0.15) is 0 Å². The van der Waals surface area contributed by atoms with E-state index in [2.05, 4.69) is 10.6 Å². The van der Waals surface area contributed by atoms with Crippen LogP contribution in [0.25, 0.3) is 0 Å². The van der Waals surface area contributed by atoms with E-state index in [-0.39, 0.29) is 37.0 Å². The van der Waals surface area contributed by atoms with Crippen molar-refractivity contribution in [2.24, 2.45) is 0 Å². The van der Waals surface area contributed by atoms with Crippen LogP contribution in [0.4, 0.5) is 0 Å². The van der Waals surface area contributed by atoms with E-state index in [1.807, 2.05) is 13.8 Å². The third-order valence-electron chi connectivity index (χ3n) is 2.45. The van der Waals surface area contributed by atoms with E-state index in [4.69, 9.17) is 10.2 Å². The van der Waals surface area contributed by atoms with Gasteiger partial charge in [0.25, 0.3) is 0 Å². The third-order valence-corrected chi connectivity index (χ3v) is 2.45. The number of hydrogen-bond donors (Lipinski definition) is 4. The Hall–Kier alpha value is 0.420. The van der Waals surface area contributed by atoms with Gasteiger partial charge in [-0.2, -0.15) is 0 Å². The predicted molar refractivity (Wildman–Crippen MR) is 61.4 cm³/mol. The Kier molecular flexibility index (Phi) is 9.23. The molecule has 4 N–H and O–H groups in total. The van der Waals surface area contributed by atoms with Crippen LogP contribution in [0.5, 0.6) is 0 Å². The van der Waals surface area contributed by atoms with Crippen LogP contribution in [-0.4, -0.2) is 47.6 Å². The second-order valence-electron chi connectivity index (χ2n) is 3.53. The highest BCUT2D eigenvalue weighted by atomic mass is 35.5. The molecule has 0 aromatic heterocycles. The fraction of sp³-hybridized carbons (Fsp3) is 1.00. The van der Waals surface area contributed by atoms with E-state index in [0.717, 1.165) is 13.1 Å². The van der Waals surface area contributed by atoms with E-state index in [1.54, 1.807) is 0 Å². The highest BCUT2D eigenvalue weighted by Crippen LogP contribution is 2.00. The first-order valence-electron chi connectivity index (χ1n) is 4.44. The van der Waals surface area contributed by atoms with Gasteiger partial charge in [0.15, 0.2) is 0 Å². The van der Waals surface area contributed by atoms with Crippen molar-refractivity contribution in [2.45, 2.75) is 38.1 Å². The number of hydrogen-bond acceptors (Lipinski definition) is 4. The molecule has 2 aliphatic heterocycles. The molecule has 4 atom stereocenters. The van der Waals surface area contributed by atoms with Crippen LogP contribution in [0.3, 0.4) is 0 Å². The van der Waals surface area contributed by atoms with Crippen molar-refractivity contribution in [3.05, 3.63) is 0 Å². The quantitative estimate of drug-likeness (QED) is 0.467. The largest absolute Gasteiger partial charge is 0.390 e. The topological polar surface area (TPSA) is 64.5 Å². The molecule has 14 heavy (non-hydrogen) atoms. The van der Waals surface area contributed by atoms with Crippen LogP contribution in [0.15, 0.2) is 0 Å². The first-order valence-corrected chi connectivity index (χ1v) is 4.44. The van der Waals surface area contributed by atoms with Crippen molar-refractivity contribution in [3.63, 3.8) is 0 Å². The summed E-state index contributed by atoms with van der Waals surface area (Å²) in [5.74, 6) is 0. The van der Waals surface area contributed by atoms with E-state index >= 15 is 0 Å². The molecule has 0 saturated carbocycles. The Morgan fingerprint density at radius 2 is 1.07 bits per heavy atom. The highest BCUT2D eigenvalue weighted by molar-refractivity contribution is 5.85. The average molecular weight is 247 g/mol. The molecule has 0 aromatic rings. The second kappa shape index (κ2) is 7.68. The molecular weight excluding hydrogens is 227 g/mol. The van der Waals surface area contributed by atoms with Crippen LogP contribution >= 0.6 is 24.8 Å². The van der Waals surface area contributed by atoms with E-state index < -0.39 is 0 Å². The van der Waals surface area contributed by atoms with Crippen LogP contribution in [0, 0.1) is 0 Å². The zero-order chi connectivity index (χ0) is 9.14. The molecule has 0 bridgehead atoms. The van der Waals surface area contributed by atoms with Crippen molar-refractivity contribution in [3.8, 4) is 0 Å². The second-order valence-corrected chi connectivity index (χ2v) is 3.53. The molecule has 2 saturated heterocycles. The van der Waals surface area contributed by atoms with Gasteiger partial charge in [-0.05, 0) is 13.8 Å². The van der Waals surface area contributed by atoms with Crippen LogP contribution in [-0.2, 0) is 0 Å². The molecule has 0 aliphatic carbocycles. The molecule has 0 amide bonds. The molecule has 0 aromatic carbocycles. The minimum absolute atomic E-state index is 0. The summed E-state index contributed by atoms with van der Waals surface area (Å²) < 4.78 is 0. The molecule has 2 rings (SSSR count). The minimum atomic E-state index is -0.0787. The Labute approximate surface area is 97.3 Å².